The van der Waals surface area contributed by atoms with E-state index in [9.17, 15) is 18.8 Å². The third kappa shape index (κ3) is 2.73. The van der Waals surface area contributed by atoms with Gasteiger partial charge < -0.3 is 15.3 Å². The maximum absolute atomic E-state index is 13.5. The van der Waals surface area contributed by atoms with Crippen LogP contribution in [-0.4, -0.2) is 51.9 Å². The Bertz CT molecular complexity index is 563. The highest BCUT2D eigenvalue weighted by Crippen LogP contribution is 2.15. The van der Waals surface area contributed by atoms with E-state index in [1.165, 1.54) is 18.3 Å². The Hall–Kier alpha value is -2.51. The van der Waals surface area contributed by atoms with Gasteiger partial charge in [-0.25, -0.2) is 4.98 Å². The van der Waals surface area contributed by atoms with E-state index in [-0.39, 0.29) is 18.7 Å². The van der Waals surface area contributed by atoms with Crippen molar-refractivity contribution in [2.45, 2.75) is 12.5 Å². The summed E-state index contributed by atoms with van der Waals surface area (Å²) in [6.45, 7) is 0.319. The molecule has 1 aliphatic rings. The molecule has 2 heterocycles. The molecular weight excluding hydrogens is 269 g/mol. The Balaban J connectivity index is 2.28. The SMILES string of the molecule is O=C(O)CC1C(=O)NCCN1C(=O)c1cccnc1F. The minimum absolute atomic E-state index is 0.122. The number of nitrogens with zero attached hydrogens (tertiary/aromatic N) is 2. The number of hydrogen-bond acceptors (Lipinski definition) is 4. The van der Waals surface area contributed by atoms with Crippen LogP contribution in [0.4, 0.5) is 4.39 Å². The Kier molecular flexibility index (Phi) is 3.92. The zero-order valence-electron chi connectivity index (χ0n) is 10.4. The Morgan fingerprint density at radius 1 is 1.55 bits per heavy atom. The molecule has 2 amide bonds. The molecule has 8 heteroatoms. The summed E-state index contributed by atoms with van der Waals surface area (Å²) >= 11 is 0. The van der Waals surface area contributed by atoms with Gasteiger partial charge >= 0.3 is 5.97 Å². The van der Waals surface area contributed by atoms with Gasteiger partial charge in [0.05, 0.1) is 12.0 Å². The second kappa shape index (κ2) is 5.64. The third-order valence-corrected chi connectivity index (χ3v) is 2.95. The summed E-state index contributed by atoms with van der Waals surface area (Å²) in [5, 5.41) is 11.3. The molecule has 0 radical (unpaired) electrons. The van der Waals surface area contributed by atoms with Gasteiger partial charge in [-0.15, -0.1) is 0 Å². The number of carbonyl (C=O) groups excluding carboxylic acids is 2. The minimum Gasteiger partial charge on any atom is -0.481 e. The van der Waals surface area contributed by atoms with Crippen LogP contribution in [-0.2, 0) is 9.59 Å². The fourth-order valence-electron chi connectivity index (χ4n) is 2.03. The lowest BCUT2D eigenvalue weighted by Crippen LogP contribution is -2.57. The van der Waals surface area contributed by atoms with Gasteiger partial charge in [-0.05, 0) is 12.1 Å². The van der Waals surface area contributed by atoms with Crippen LogP contribution in [0.3, 0.4) is 0 Å². The smallest absolute Gasteiger partial charge is 0.305 e. The molecule has 2 N–H and O–H groups in total. The summed E-state index contributed by atoms with van der Waals surface area (Å²) in [6.07, 6.45) is 0.670. The first-order chi connectivity index (χ1) is 9.50. The van der Waals surface area contributed by atoms with Gasteiger partial charge in [0, 0.05) is 19.3 Å². The van der Waals surface area contributed by atoms with Crippen molar-refractivity contribution in [3.63, 3.8) is 0 Å². The van der Waals surface area contributed by atoms with Crippen LogP contribution < -0.4 is 5.32 Å². The van der Waals surface area contributed by atoms with E-state index < -0.39 is 36.2 Å². The van der Waals surface area contributed by atoms with Gasteiger partial charge in [0.2, 0.25) is 11.9 Å². The highest BCUT2D eigenvalue weighted by atomic mass is 19.1. The molecule has 7 nitrogen and oxygen atoms in total. The summed E-state index contributed by atoms with van der Waals surface area (Å²) in [4.78, 5) is 39.1. The highest BCUT2D eigenvalue weighted by Gasteiger charge is 2.35. The van der Waals surface area contributed by atoms with Crippen molar-refractivity contribution in [3.05, 3.63) is 29.8 Å². The van der Waals surface area contributed by atoms with Gasteiger partial charge in [0.25, 0.3) is 5.91 Å². The summed E-state index contributed by atoms with van der Waals surface area (Å²) < 4.78 is 13.5. The molecule has 106 valence electrons. The number of pyridine rings is 1. The molecule has 1 aliphatic heterocycles. The predicted molar refractivity (Wildman–Crippen MR) is 64.3 cm³/mol. The standard InChI is InChI=1S/C12H12FN3O4/c13-10-7(2-1-3-14-10)12(20)16-5-4-15-11(19)8(16)6-9(17)18/h1-3,8H,4-6H2,(H,15,19)(H,17,18). The van der Waals surface area contributed by atoms with Crippen LogP contribution in [0, 0.1) is 5.95 Å². The van der Waals surface area contributed by atoms with Gasteiger partial charge in [-0.3, -0.25) is 14.4 Å². The second-order valence-electron chi connectivity index (χ2n) is 4.25. The van der Waals surface area contributed by atoms with Crippen molar-refractivity contribution in [3.8, 4) is 0 Å². The number of nitrogens with one attached hydrogen (secondary N) is 1. The zero-order valence-corrected chi connectivity index (χ0v) is 10.4. The number of hydrogen-bond donors (Lipinski definition) is 2. The number of amides is 2. The van der Waals surface area contributed by atoms with Crippen LogP contribution in [0.1, 0.15) is 16.8 Å². The number of rotatable bonds is 3. The van der Waals surface area contributed by atoms with Gasteiger partial charge in [-0.2, -0.15) is 4.39 Å². The molecule has 1 aromatic heterocycles. The monoisotopic (exact) mass is 281 g/mol. The van der Waals surface area contributed by atoms with Crippen molar-refractivity contribution in [2.75, 3.05) is 13.1 Å². The van der Waals surface area contributed by atoms with Gasteiger partial charge in [-0.1, -0.05) is 0 Å². The first-order valence-electron chi connectivity index (χ1n) is 5.91. The van der Waals surface area contributed by atoms with Crippen molar-refractivity contribution in [1.82, 2.24) is 15.2 Å². The average Bonchev–Trinajstić information content (AvgIpc) is 2.40. The summed E-state index contributed by atoms with van der Waals surface area (Å²) in [5.41, 5.74) is -0.280. The average molecular weight is 281 g/mol. The number of carbonyl (C=O) groups is 3. The van der Waals surface area contributed by atoms with Crippen LogP contribution in [0.25, 0.3) is 0 Å². The molecule has 1 fully saturated rings. The predicted octanol–water partition coefficient (Wildman–Crippen LogP) is -0.364. The quantitative estimate of drug-likeness (QED) is 0.737. The molecule has 0 saturated carbocycles. The molecule has 0 bridgehead atoms. The lowest BCUT2D eigenvalue weighted by atomic mass is 10.1. The Morgan fingerprint density at radius 2 is 2.30 bits per heavy atom. The van der Waals surface area contributed by atoms with E-state index in [4.69, 9.17) is 5.11 Å². The Morgan fingerprint density at radius 3 is 2.95 bits per heavy atom. The molecule has 0 aliphatic carbocycles. The maximum atomic E-state index is 13.5. The lowest BCUT2D eigenvalue weighted by molar-refractivity contribution is -0.142. The lowest BCUT2D eigenvalue weighted by Gasteiger charge is -2.34. The number of piperazine rings is 1. The molecule has 1 unspecified atom stereocenters. The van der Waals surface area contributed by atoms with Gasteiger partial charge in [0.1, 0.15) is 6.04 Å². The van der Waals surface area contributed by atoms with Crippen LogP contribution >= 0.6 is 0 Å². The van der Waals surface area contributed by atoms with Crippen LogP contribution in [0.5, 0.6) is 0 Å². The third-order valence-electron chi connectivity index (χ3n) is 2.95. The van der Waals surface area contributed by atoms with E-state index in [1.807, 2.05) is 0 Å². The summed E-state index contributed by atoms with van der Waals surface area (Å²) in [5.74, 6) is -3.46. The van der Waals surface area contributed by atoms with Crippen LogP contribution in [0.15, 0.2) is 18.3 Å². The number of carboxylic acid groups (broad SMARTS) is 1. The van der Waals surface area contributed by atoms with E-state index in [1.54, 1.807) is 0 Å². The molecule has 1 aromatic rings. The normalized spacial score (nSPS) is 18.6. The van der Waals surface area contributed by atoms with Crippen molar-refractivity contribution >= 4 is 17.8 Å². The zero-order chi connectivity index (χ0) is 14.7. The van der Waals surface area contributed by atoms with E-state index in [0.29, 0.717) is 0 Å². The first kappa shape index (κ1) is 13.9. The molecule has 20 heavy (non-hydrogen) atoms. The Labute approximate surface area is 113 Å². The number of halogens is 1. The highest BCUT2D eigenvalue weighted by molar-refractivity contribution is 5.99. The van der Waals surface area contributed by atoms with Crippen molar-refractivity contribution < 1.29 is 23.9 Å². The number of aromatic nitrogens is 1. The molecule has 1 atom stereocenters. The molecule has 1 saturated heterocycles. The minimum atomic E-state index is -1.21. The summed E-state index contributed by atoms with van der Waals surface area (Å²) in [7, 11) is 0. The molecule has 0 aromatic carbocycles. The fraction of sp³-hybridized carbons (Fsp3) is 0.333. The number of carboxylic acids is 1. The maximum Gasteiger partial charge on any atom is 0.305 e. The summed E-state index contributed by atoms with van der Waals surface area (Å²) in [6, 6.07) is 1.50. The van der Waals surface area contributed by atoms with E-state index in [2.05, 4.69) is 10.3 Å². The fourth-order valence-corrected chi connectivity index (χ4v) is 2.03. The number of aliphatic carboxylic acids is 1. The molecule has 2 rings (SSSR count). The topological polar surface area (TPSA) is 99.6 Å². The van der Waals surface area contributed by atoms with Crippen molar-refractivity contribution in [1.29, 1.82) is 0 Å². The molecule has 0 spiro atoms. The second-order valence-corrected chi connectivity index (χ2v) is 4.25. The van der Waals surface area contributed by atoms with E-state index >= 15 is 0 Å². The first-order valence-corrected chi connectivity index (χ1v) is 5.91. The van der Waals surface area contributed by atoms with Crippen LogP contribution in [0.2, 0.25) is 0 Å². The molecular formula is C12H12FN3O4. The largest absolute Gasteiger partial charge is 0.481 e. The van der Waals surface area contributed by atoms with E-state index in [0.717, 1.165) is 4.90 Å². The van der Waals surface area contributed by atoms with Gasteiger partial charge in [0.15, 0.2) is 0 Å². The van der Waals surface area contributed by atoms with Crippen molar-refractivity contribution in [2.24, 2.45) is 0 Å².